The zero-order chi connectivity index (χ0) is 21.6. The molecule has 8 nitrogen and oxygen atoms in total. The number of carbonyl (C=O) groups is 2. The van der Waals surface area contributed by atoms with Crippen molar-refractivity contribution in [3.63, 3.8) is 0 Å². The minimum atomic E-state index is -3.50. The maximum Gasteiger partial charge on any atom is 0.291 e. The molecule has 0 fully saturated rings. The smallest absolute Gasteiger partial charge is 0.291 e. The summed E-state index contributed by atoms with van der Waals surface area (Å²) >= 11 is 0. The summed E-state index contributed by atoms with van der Waals surface area (Å²) in [7, 11) is -2.16. The Hall–Kier alpha value is -3.69. The summed E-state index contributed by atoms with van der Waals surface area (Å²) in [6.45, 7) is 0. The number of hydrogen-bond acceptors (Lipinski definition) is 5. The van der Waals surface area contributed by atoms with Crippen LogP contribution >= 0.6 is 0 Å². The molecule has 0 spiro atoms. The van der Waals surface area contributed by atoms with E-state index in [1.165, 1.54) is 31.5 Å². The number of nitrogens with one attached hydrogen (secondary N) is 3. The zero-order valence-electron chi connectivity index (χ0n) is 16.0. The van der Waals surface area contributed by atoms with Gasteiger partial charge in [-0.25, -0.2) is 13.1 Å². The molecule has 30 heavy (non-hydrogen) atoms. The van der Waals surface area contributed by atoms with Crippen LogP contribution in [0.15, 0.2) is 82.3 Å². The number of furan rings is 1. The molecule has 0 bridgehead atoms. The third kappa shape index (κ3) is 5.43. The molecule has 0 saturated heterocycles. The van der Waals surface area contributed by atoms with Crippen molar-refractivity contribution in [2.45, 2.75) is 4.90 Å². The molecule has 2 aromatic carbocycles. The highest BCUT2D eigenvalue weighted by Crippen LogP contribution is 2.15. The summed E-state index contributed by atoms with van der Waals surface area (Å²) in [4.78, 5) is 24.2. The first-order valence-corrected chi connectivity index (χ1v) is 10.3. The maximum absolute atomic E-state index is 12.1. The van der Waals surface area contributed by atoms with Gasteiger partial charge in [-0.05, 0) is 67.2 Å². The Labute approximate surface area is 173 Å². The van der Waals surface area contributed by atoms with Crippen LogP contribution in [0.5, 0.6) is 0 Å². The lowest BCUT2D eigenvalue weighted by molar-refractivity contribution is -0.111. The van der Waals surface area contributed by atoms with Crippen LogP contribution in [0, 0.1) is 0 Å². The summed E-state index contributed by atoms with van der Waals surface area (Å²) in [5.41, 5.74) is 1.79. The second-order valence-electron chi connectivity index (χ2n) is 6.11. The van der Waals surface area contributed by atoms with Gasteiger partial charge in [0.25, 0.3) is 5.91 Å². The quantitative estimate of drug-likeness (QED) is 0.503. The predicted molar refractivity (Wildman–Crippen MR) is 113 cm³/mol. The van der Waals surface area contributed by atoms with Crippen LogP contribution in [-0.4, -0.2) is 27.3 Å². The molecule has 0 aliphatic carbocycles. The molecular formula is C21H19N3O5S. The monoisotopic (exact) mass is 425 g/mol. The number of rotatable bonds is 7. The third-order valence-electron chi connectivity index (χ3n) is 4.04. The van der Waals surface area contributed by atoms with E-state index in [0.29, 0.717) is 16.9 Å². The van der Waals surface area contributed by atoms with Crippen LogP contribution in [-0.2, 0) is 14.8 Å². The minimum Gasteiger partial charge on any atom is -0.459 e. The second-order valence-corrected chi connectivity index (χ2v) is 7.99. The summed E-state index contributed by atoms with van der Waals surface area (Å²) in [6, 6.07) is 15.9. The van der Waals surface area contributed by atoms with Gasteiger partial charge >= 0.3 is 0 Å². The summed E-state index contributed by atoms with van der Waals surface area (Å²) < 4.78 is 30.7. The number of amides is 2. The van der Waals surface area contributed by atoms with Crippen LogP contribution in [0.4, 0.5) is 11.4 Å². The number of anilines is 2. The molecule has 1 heterocycles. The van der Waals surface area contributed by atoms with Crippen molar-refractivity contribution in [1.29, 1.82) is 0 Å². The average Bonchev–Trinajstić information content (AvgIpc) is 3.29. The number of hydrogen-bond donors (Lipinski definition) is 3. The number of sulfonamides is 1. The van der Waals surface area contributed by atoms with Crippen LogP contribution in [0.2, 0.25) is 0 Å². The van der Waals surface area contributed by atoms with Gasteiger partial charge in [0.05, 0.1) is 11.2 Å². The van der Waals surface area contributed by atoms with Gasteiger partial charge in [0.1, 0.15) is 0 Å². The SMILES string of the molecule is CNS(=O)(=O)c1ccc(/C=C/C(=O)Nc2ccc(NC(=O)c3ccco3)cc2)cc1. The van der Waals surface area contributed by atoms with Gasteiger partial charge in [-0.2, -0.15) is 0 Å². The van der Waals surface area contributed by atoms with E-state index in [1.807, 2.05) is 0 Å². The van der Waals surface area contributed by atoms with E-state index >= 15 is 0 Å². The Morgan fingerprint density at radius 1 is 0.900 bits per heavy atom. The Balaban J connectivity index is 1.56. The lowest BCUT2D eigenvalue weighted by atomic mass is 10.2. The van der Waals surface area contributed by atoms with Crippen molar-refractivity contribution in [2.75, 3.05) is 17.7 Å². The van der Waals surface area contributed by atoms with Crippen molar-refractivity contribution in [2.24, 2.45) is 0 Å². The highest BCUT2D eigenvalue weighted by Gasteiger charge is 2.10. The number of carbonyl (C=O) groups excluding carboxylic acids is 2. The molecule has 0 aliphatic heterocycles. The van der Waals surface area contributed by atoms with Crippen molar-refractivity contribution in [3.05, 3.63) is 84.3 Å². The van der Waals surface area contributed by atoms with Gasteiger partial charge in [-0.3, -0.25) is 9.59 Å². The molecule has 0 radical (unpaired) electrons. The van der Waals surface area contributed by atoms with Crippen LogP contribution in [0.25, 0.3) is 6.08 Å². The van der Waals surface area contributed by atoms with Gasteiger partial charge in [-0.15, -0.1) is 0 Å². The molecule has 3 rings (SSSR count). The van der Waals surface area contributed by atoms with Gasteiger partial charge in [-0.1, -0.05) is 12.1 Å². The maximum atomic E-state index is 12.1. The fourth-order valence-electron chi connectivity index (χ4n) is 2.47. The molecule has 3 N–H and O–H groups in total. The van der Waals surface area contributed by atoms with Crippen molar-refractivity contribution >= 4 is 39.3 Å². The van der Waals surface area contributed by atoms with Crippen molar-refractivity contribution in [3.8, 4) is 0 Å². The lowest BCUT2D eigenvalue weighted by Crippen LogP contribution is -2.18. The van der Waals surface area contributed by atoms with E-state index in [4.69, 9.17) is 4.42 Å². The van der Waals surface area contributed by atoms with Gasteiger partial charge in [0, 0.05) is 17.5 Å². The van der Waals surface area contributed by atoms with E-state index < -0.39 is 10.0 Å². The molecule has 3 aromatic rings. The van der Waals surface area contributed by atoms with Crippen LogP contribution in [0.3, 0.4) is 0 Å². The largest absolute Gasteiger partial charge is 0.459 e. The normalized spacial score (nSPS) is 11.4. The highest BCUT2D eigenvalue weighted by molar-refractivity contribution is 7.89. The minimum absolute atomic E-state index is 0.144. The first-order valence-electron chi connectivity index (χ1n) is 8.85. The number of benzene rings is 2. The first-order chi connectivity index (χ1) is 14.4. The van der Waals surface area contributed by atoms with Gasteiger partial charge in [0.2, 0.25) is 15.9 Å². The van der Waals surface area contributed by atoms with E-state index in [1.54, 1.807) is 54.6 Å². The van der Waals surface area contributed by atoms with Gasteiger partial charge < -0.3 is 15.1 Å². The topological polar surface area (TPSA) is 118 Å². The Morgan fingerprint density at radius 3 is 2.10 bits per heavy atom. The lowest BCUT2D eigenvalue weighted by Gasteiger charge is -2.06. The summed E-state index contributed by atoms with van der Waals surface area (Å²) in [6.07, 6.45) is 4.33. The summed E-state index contributed by atoms with van der Waals surface area (Å²) in [5, 5.41) is 5.39. The standard InChI is InChI=1S/C21H19N3O5S/c1-22-30(27,28)18-11-4-15(5-12-18)6-13-20(25)23-16-7-9-17(10-8-16)24-21(26)19-3-2-14-29-19/h2-14,22H,1H3,(H,23,25)(H,24,26)/b13-6+. The van der Waals surface area contributed by atoms with Crippen molar-refractivity contribution < 1.29 is 22.4 Å². The molecule has 0 unspecified atom stereocenters. The highest BCUT2D eigenvalue weighted by atomic mass is 32.2. The van der Waals surface area contributed by atoms with E-state index in [2.05, 4.69) is 15.4 Å². The molecule has 0 aliphatic rings. The predicted octanol–water partition coefficient (Wildman–Crippen LogP) is 3.09. The second kappa shape index (κ2) is 9.21. The average molecular weight is 425 g/mol. The zero-order valence-corrected chi connectivity index (χ0v) is 16.8. The Bertz CT molecular complexity index is 1150. The van der Waals surface area contributed by atoms with E-state index in [-0.39, 0.29) is 22.5 Å². The third-order valence-corrected chi connectivity index (χ3v) is 5.47. The fraction of sp³-hybridized carbons (Fsp3) is 0.0476. The molecular weight excluding hydrogens is 406 g/mol. The summed E-state index contributed by atoms with van der Waals surface area (Å²) in [5.74, 6) is -0.517. The molecule has 2 amide bonds. The Kier molecular flexibility index (Phi) is 6.45. The Morgan fingerprint density at radius 2 is 1.53 bits per heavy atom. The molecule has 0 atom stereocenters. The molecule has 9 heteroatoms. The van der Waals surface area contributed by atoms with Crippen LogP contribution < -0.4 is 15.4 Å². The van der Waals surface area contributed by atoms with Gasteiger partial charge in [0.15, 0.2) is 5.76 Å². The van der Waals surface area contributed by atoms with E-state index in [9.17, 15) is 18.0 Å². The molecule has 0 saturated carbocycles. The fourth-order valence-corrected chi connectivity index (χ4v) is 3.20. The van der Waals surface area contributed by atoms with Crippen molar-refractivity contribution in [1.82, 2.24) is 4.72 Å². The molecule has 1 aromatic heterocycles. The van der Waals surface area contributed by atoms with E-state index in [0.717, 1.165) is 0 Å². The first kappa shape index (κ1) is 21.0. The van der Waals surface area contributed by atoms with Crippen LogP contribution in [0.1, 0.15) is 16.1 Å². The molecule has 154 valence electrons.